The molecule has 0 spiro atoms. The Morgan fingerprint density at radius 2 is 0.926 bits per heavy atom. The van der Waals surface area contributed by atoms with E-state index in [1.54, 1.807) is 0 Å². The lowest BCUT2D eigenvalue weighted by Crippen LogP contribution is -2.15. The number of aromatic carboxylic acids is 4. The van der Waals surface area contributed by atoms with Crippen LogP contribution in [0, 0.1) is 0 Å². The van der Waals surface area contributed by atoms with Gasteiger partial charge in [0.25, 0.3) is 0 Å². The zero-order valence-electron chi connectivity index (χ0n) is 13.1. The fraction of sp³-hybridized carbons (Fsp3) is 0. The van der Waals surface area contributed by atoms with Crippen LogP contribution in [-0.4, -0.2) is 52.7 Å². The van der Waals surface area contributed by atoms with Gasteiger partial charge in [0.05, 0.1) is 32.0 Å². The Kier molecular flexibility index (Phi) is 4.99. The van der Waals surface area contributed by atoms with Gasteiger partial charge in [-0.1, -0.05) is 0 Å². The smallest absolute Gasteiger partial charge is 0.337 e. The van der Waals surface area contributed by atoms with E-state index in [4.69, 9.17) is 10.2 Å². The van der Waals surface area contributed by atoms with Crippen molar-refractivity contribution in [2.45, 2.75) is 9.79 Å². The van der Waals surface area contributed by atoms with Crippen molar-refractivity contribution < 1.29 is 48.0 Å². The molecular weight excluding hydrogens is 384 g/mol. The van der Waals surface area contributed by atoms with Crippen LogP contribution in [-0.2, 0) is 9.84 Å². The second-order valence-electron chi connectivity index (χ2n) is 5.15. The first-order valence-electron chi connectivity index (χ1n) is 6.93. The number of hydrogen-bond donors (Lipinski definition) is 4. The van der Waals surface area contributed by atoms with Crippen molar-refractivity contribution in [1.29, 1.82) is 0 Å². The highest BCUT2D eigenvalue weighted by Crippen LogP contribution is 2.28. The van der Waals surface area contributed by atoms with Gasteiger partial charge in [-0.2, -0.15) is 0 Å². The highest BCUT2D eigenvalue weighted by Gasteiger charge is 2.30. The van der Waals surface area contributed by atoms with Gasteiger partial charge >= 0.3 is 23.9 Å². The summed E-state index contributed by atoms with van der Waals surface area (Å²) in [6.07, 6.45) is 0. The fourth-order valence-electron chi connectivity index (χ4n) is 2.25. The lowest BCUT2D eigenvalue weighted by molar-refractivity contribution is 0.0674. The molecule has 0 atom stereocenters. The van der Waals surface area contributed by atoms with Gasteiger partial charge in [0.15, 0.2) is 0 Å². The van der Waals surface area contributed by atoms with Crippen LogP contribution in [0.5, 0.6) is 0 Å². The second kappa shape index (κ2) is 6.88. The van der Waals surface area contributed by atoms with Gasteiger partial charge in [-0.3, -0.25) is 0 Å². The van der Waals surface area contributed by atoms with Crippen LogP contribution in [0.2, 0.25) is 0 Å². The Bertz CT molecular complexity index is 1020. The molecule has 2 rings (SSSR count). The van der Waals surface area contributed by atoms with Gasteiger partial charge in [-0.15, -0.1) is 0 Å². The molecule has 0 aliphatic carbocycles. The summed E-state index contributed by atoms with van der Waals surface area (Å²) in [7, 11) is -4.72. The van der Waals surface area contributed by atoms with Crippen molar-refractivity contribution in [3.63, 3.8) is 0 Å². The minimum Gasteiger partial charge on any atom is -0.478 e. The Morgan fingerprint density at radius 1 is 0.593 bits per heavy atom. The number of rotatable bonds is 6. The zero-order chi connectivity index (χ0) is 20.5. The van der Waals surface area contributed by atoms with Gasteiger partial charge in [0, 0.05) is 0 Å². The minimum absolute atomic E-state index is 0.481. The van der Waals surface area contributed by atoms with Crippen molar-refractivity contribution >= 4 is 33.7 Å². The molecule has 4 N–H and O–H groups in total. The fourth-order valence-corrected chi connectivity index (χ4v) is 3.85. The van der Waals surface area contributed by atoms with E-state index in [9.17, 15) is 37.8 Å². The maximum absolute atomic E-state index is 12.8. The van der Waals surface area contributed by atoms with Crippen LogP contribution >= 0.6 is 0 Å². The monoisotopic (exact) mass is 394 g/mol. The summed E-state index contributed by atoms with van der Waals surface area (Å²) in [6.45, 7) is 0. The molecule has 140 valence electrons. The minimum atomic E-state index is -4.72. The number of carboxylic acid groups (broad SMARTS) is 4. The molecule has 0 saturated heterocycles. The summed E-state index contributed by atoms with van der Waals surface area (Å²) in [5, 5.41) is 36.3. The lowest BCUT2D eigenvalue weighted by Gasteiger charge is -2.11. The SMILES string of the molecule is O=C(O)c1ccc(S(=O)(=O)c2ccc(C(=O)O)cc2C(=O)O)c(C(=O)O)c1. The van der Waals surface area contributed by atoms with E-state index >= 15 is 0 Å². The van der Waals surface area contributed by atoms with Gasteiger partial charge in [-0.25, -0.2) is 27.6 Å². The topological polar surface area (TPSA) is 183 Å². The van der Waals surface area contributed by atoms with Crippen LogP contribution in [0.1, 0.15) is 41.4 Å². The van der Waals surface area contributed by atoms with Gasteiger partial charge in [-0.05, 0) is 36.4 Å². The molecule has 0 heterocycles. The number of hydrogen-bond acceptors (Lipinski definition) is 6. The third-order valence-corrected chi connectivity index (χ3v) is 5.36. The van der Waals surface area contributed by atoms with Crippen LogP contribution in [0.25, 0.3) is 0 Å². The summed E-state index contributed by atoms with van der Waals surface area (Å²) in [6, 6.07) is 4.44. The lowest BCUT2D eigenvalue weighted by atomic mass is 10.1. The molecule has 2 aromatic carbocycles. The molecule has 0 bridgehead atoms. The third-order valence-electron chi connectivity index (χ3n) is 3.49. The molecule has 11 heteroatoms. The summed E-state index contributed by atoms with van der Waals surface area (Å²) >= 11 is 0. The quantitative estimate of drug-likeness (QED) is 0.557. The maximum atomic E-state index is 12.8. The van der Waals surface area contributed by atoms with Crippen molar-refractivity contribution in [3.8, 4) is 0 Å². The predicted octanol–water partition coefficient (Wildman–Crippen LogP) is 1.31. The average Bonchev–Trinajstić information content (AvgIpc) is 2.60. The highest BCUT2D eigenvalue weighted by atomic mass is 32.2. The van der Waals surface area contributed by atoms with E-state index in [0.29, 0.717) is 12.1 Å². The van der Waals surface area contributed by atoms with E-state index in [0.717, 1.165) is 24.3 Å². The molecule has 27 heavy (non-hydrogen) atoms. The Labute approximate surface area is 150 Å². The van der Waals surface area contributed by atoms with Gasteiger partial charge in [0.2, 0.25) is 9.84 Å². The van der Waals surface area contributed by atoms with Crippen LogP contribution < -0.4 is 0 Å². The summed E-state index contributed by atoms with van der Waals surface area (Å²) in [4.78, 5) is 43.1. The molecule has 0 radical (unpaired) electrons. The molecular formula is C16H10O10S. The van der Waals surface area contributed by atoms with Crippen molar-refractivity contribution in [3.05, 3.63) is 58.7 Å². The van der Waals surface area contributed by atoms with Crippen LogP contribution in [0.4, 0.5) is 0 Å². The van der Waals surface area contributed by atoms with Crippen molar-refractivity contribution in [2.75, 3.05) is 0 Å². The molecule has 2 aromatic rings. The van der Waals surface area contributed by atoms with Gasteiger partial charge in [0.1, 0.15) is 0 Å². The summed E-state index contributed by atoms with van der Waals surface area (Å²) in [5.41, 5.74) is -2.70. The molecule has 0 aromatic heterocycles. The number of carboxylic acids is 4. The first-order valence-corrected chi connectivity index (χ1v) is 8.41. The number of sulfone groups is 1. The largest absolute Gasteiger partial charge is 0.478 e. The number of carbonyl (C=O) groups is 4. The van der Waals surface area contributed by atoms with E-state index in [-0.39, 0.29) is 0 Å². The second-order valence-corrected chi connectivity index (χ2v) is 7.03. The first-order chi connectivity index (χ1) is 12.5. The standard InChI is InChI=1S/C16H10O10S/c17-13(18)7-1-3-11(9(5-7)15(21)22)27(25,26)12-4-2-8(14(19)20)6-10(12)16(23)24/h1-6H,(H,17,18)(H,19,20)(H,21,22)(H,23,24). The van der Waals surface area contributed by atoms with E-state index in [1.165, 1.54) is 0 Å². The third kappa shape index (κ3) is 3.62. The summed E-state index contributed by atoms with van der Waals surface area (Å²) in [5.74, 6) is -6.46. The van der Waals surface area contributed by atoms with E-state index in [2.05, 4.69) is 0 Å². The van der Waals surface area contributed by atoms with Crippen molar-refractivity contribution in [1.82, 2.24) is 0 Å². The van der Waals surface area contributed by atoms with Crippen LogP contribution in [0.15, 0.2) is 46.2 Å². The summed E-state index contributed by atoms with van der Waals surface area (Å²) < 4.78 is 25.7. The molecule has 0 aliphatic rings. The molecule has 0 saturated carbocycles. The van der Waals surface area contributed by atoms with Crippen LogP contribution in [0.3, 0.4) is 0 Å². The van der Waals surface area contributed by atoms with Gasteiger partial charge < -0.3 is 20.4 Å². The Hall–Kier alpha value is -3.73. The van der Waals surface area contributed by atoms with Crippen molar-refractivity contribution in [2.24, 2.45) is 0 Å². The normalized spacial score (nSPS) is 11.0. The van der Waals surface area contributed by atoms with E-state index < -0.39 is 65.8 Å². The zero-order valence-corrected chi connectivity index (χ0v) is 13.9. The Balaban J connectivity index is 2.80. The average molecular weight is 394 g/mol. The molecule has 0 aliphatic heterocycles. The maximum Gasteiger partial charge on any atom is 0.337 e. The Morgan fingerprint density at radius 3 is 1.19 bits per heavy atom. The molecule has 0 fully saturated rings. The highest BCUT2D eigenvalue weighted by molar-refractivity contribution is 7.91. The number of benzene rings is 2. The molecule has 10 nitrogen and oxygen atoms in total. The predicted molar refractivity (Wildman–Crippen MR) is 86.2 cm³/mol. The first kappa shape index (κ1) is 19.6. The molecule has 0 amide bonds. The van der Waals surface area contributed by atoms with E-state index in [1.807, 2.05) is 0 Å². The molecule has 0 unspecified atom stereocenters.